The summed E-state index contributed by atoms with van der Waals surface area (Å²) in [5.74, 6) is 1.69. The molecule has 2 fully saturated rings. The van der Waals surface area contributed by atoms with E-state index >= 15 is 0 Å². The Hall–Kier alpha value is -0.590. The molecule has 3 aliphatic carbocycles. The highest BCUT2D eigenvalue weighted by Crippen LogP contribution is 2.63. The van der Waals surface area contributed by atoms with Gasteiger partial charge in [-0.25, -0.2) is 0 Å². The van der Waals surface area contributed by atoms with Crippen LogP contribution in [-0.4, -0.2) is 5.78 Å². The largest absolute Gasteiger partial charge is 0.299 e. The third-order valence-electron chi connectivity index (χ3n) is 3.96. The van der Waals surface area contributed by atoms with Crippen LogP contribution in [0.4, 0.5) is 0 Å². The molecule has 3 unspecified atom stereocenters. The maximum Gasteiger partial charge on any atom is 0.137 e. The predicted molar refractivity (Wildman–Crippen MR) is 42.0 cm³/mol. The van der Waals surface area contributed by atoms with Crippen molar-refractivity contribution in [2.45, 2.75) is 25.7 Å². The van der Waals surface area contributed by atoms with E-state index in [0.29, 0.717) is 23.0 Å². The van der Waals surface area contributed by atoms with Gasteiger partial charge in [-0.3, -0.25) is 4.79 Å². The lowest BCUT2D eigenvalue weighted by atomic mass is 9.60. The molecule has 2 saturated carbocycles. The summed E-state index contributed by atoms with van der Waals surface area (Å²) in [4.78, 5) is 11.4. The molecule has 3 aliphatic rings. The van der Waals surface area contributed by atoms with E-state index in [4.69, 9.17) is 0 Å². The quantitative estimate of drug-likeness (QED) is 0.480. The van der Waals surface area contributed by atoms with Crippen molar-refractivity contribution in [2.24, 2.45) is 17.3 Å². The Morgan fingerprint density at radius 1 is 1.55 bits per heavy atom. The molecule has 0 heterocycles. The van der Waals surface area contributed by atoms with Gasteiger partial charge in [0.2, 0.25) is 0 Å². The third-order valence-corrected chi connectivity index (χ3v) is 3.96. The highest BCUT2D eigenvalue weighted by molar-refractivity contribution is 5.86. The van der Waals surface area contributed by atoms with Crippen molar-refractivity contribution in [3.63, 3.8) is 0 Å². The molecule has 0 aromatic carbocycles. The van der Waals surface area contributed by atoms with Crippen LogP contribution in [0.15, 0.2) is 12.2 Å². The van der Waals surface area contributed by atoms with Crippen LogP contribution in [-0.2, 0) is 4.79 Å². The SMILES string of the molecule is O=C1CC2CC=CC23CCC13. The van der Waals surface area contributed by atoms with Gasteiger partial charge in [0.25, 0.3) is 0 Å². The van der Waals surface area contributed by atoms with Gasteiger partial charge in [0.05, 0.1) is 0 Å². The first kappa shape index (κ1) is 5.99. The number of rotatable bonds is 0. The second kappa shape index (κ2) is 1.60. The lowest BCUT2D eigenvalue weighted by Gasteiger charge is -2.43. The maximum atomic E-state index is 11.4. The molecule has 1 heteroatoms. The number of Topliss-reactive ketones (excluding diaryl/α,β-unsaturated/α-hetero) is 1. The van der Waals surface area contributed by atoms with Crippen LogP contribution in [0.2, 0.25) is 0 Å². The van der Waals surface area contributed by atoms with Gasteiger partial charge in [0, 0.05) is 17.8 Å². The van der Waals surface area contributed by atoms with Crippen LogP contribution in [0.25, 0.3) is 0 Å². The number of hydrogen-bond donors (Lipinski definition) is 0. The van der Waals surface area contributed by atoms with Crippen molar-refractivity contribution in [3.8, 4) is 0 Å². The summed E-state index contributed by atoms with van der Waals surface area (Å²) >= 11 is 0. The van der Waals surface area contributed by atoms with E-state index in [1.54, 1.807) is 0 Å². The Morgan fingerprint density at radius 2 is 2.45 bits per heavy atom. The zero-order valence-electron chi connectivity index (χ0n) is 6.55. The fourth-order valence-corrected chi connectivity index (χ4v) is 3.24. The van der Waals surface area contributed by atoms with Crippen LogP contribution < -0.4 is 0 Å². The fourth-order valence-electron chi connectivity index (χ4n) is 3.24. The van der Waals surface area contributed by atoms with Gasteiger partial charge in [-0.1, -0.05) is 12.2 Å². The lowest BCUT2D eigenvalue weighted by molar-refractivity contribution is -0.124. The highest BCUT2D eigenvalue weighted by atomic mass is 16.1. The van der Waals surface area contributed by atoms with Crippen molar-refractivity contribution in [1.29, 1.82) is 0 Å². The summed E-state index contributed by atoms with van der Waals surface area (Å²) < 4.78 is 0. The van der Waals surface area contributed by atoms with Crippen molar-refractivity contribution >= 4 is 5.78 Å². The van der Waals surface area contributed by atoms with Gasteiger partial charge in [-0.15, -0.1) is 0 Å². The van der Waals surface area contributed by atoms with E-state index in [1.165, 1.54) is 19.3 Å². The first-order chi connectivity index (χ1) is 5.33. The van der Waals surface area contributed by atoms with Gasteiger partial charge in [-0.05, 0) is 25.2 Å². The van der Waals surface area contributed by atoms with Crippen LogP contribution in [0.5, 0.6) is 0 Å². The maximum absolute atomic E-state index is 11.4. The Balaban J connectivity index is 2.07. The molecule has 1 spiro atoms. The standard InChI is InChI=1S/C10H12O/c11-9-6-7-2-1-4-10(7)5-3-8(9)10/h1,4,7-8H,2-3,5-6H2. The predicted octanol–water partition coefficient (Wildman–Crippen LogP) is 1.93. The smallest absolute Gasteiger partial charge is 0.137 e. The molecule has 0 radical (unpaired) electrons. The number of ketones is 1. The number of carbonyl (C=O) groups is 1. The van der Waals surface area contributed by atoms with E-state index in [-0.39, 0.29) is 0 Å². The number of allylic oxidation sites excluding steroid dienone is 2. The topological polar surface area (TPSA) is 17.1 Å². The molecular formula is C10H12O. The minimum atomic E-state index is 0.386. The molecule has 0 aliphatic heterocycles. The molecule has 0 aromatic heterocycles. The summed E-state index contributed by atoms with van der Waals surface area (Å²) in [6, 6.07) is 0. The second-order valence-electron chi connectivity index (χ2n) is 4.21. The van der Waals surface area contributed by atoms with Crippen molar-refractivity contribution in [3.05, 3.63) is 12.2 Å². The normalized spacial score (nSPS) is 52.2. The molecule has 0 saturated heterocycles. The lowest BCUT2D eigenvalue weighted by Crippen LogP contribution is -2.38. The minimum Gasteiger partial charge on any atom is -0.299 e. The number of hydrogen-bond acceptors (Lipinski definition) is 1. The van der Waals surface area contributed by atoms with E-state index in [0.717, 1.165) is 6.42 Å². The van der Waals surface area contributed by atoms with Gasteiger partial charge in [-0.2, -0.15) is 0 Å². The van der Waals surface area contributed by atoms with Crippen LogP contribution in [0.3, 0.4) is 0 Å². The summed E-state index contributed by atoms with van der Waals surface area (Å²) in [6.07, 6.45) is 9.10. The Kier molecular flexibility index (Phi) is 0.869. The molecule has 58 valence electrons. The fraction of sp³-hybridized carbons (Fsp3) is 0.700. The Labute approximate surface area is 66.5 Å². The molecule has 3 atom stereocenters. The first-order valence-corrected chi connectivity index (χ1v) is 4.53. The zero-order chi connectivity index (χ0) is 7.47. The first-order valence-electron chi connectivity index (χ1n) is 4.53. The van der Waals surface area contributed by atoms with Crippen molar-refractivity contribution in [2.75, 3.05) is 0 Å². The molecule has 0 N–H and O–H groups in total. The molecule has 11 heavy (non-hydrogen) atoms. The van der Waals surface area contributed by atoms with Gasteiger partial charge in [0.15, 0.2) is 0 Å². The summed E-state index contributed by atoms with van der Waals surface area (Å²) in [5, 5.41) is 0. The van der Waals surface area contributed by atoms with Crippen LogP contribution in [0.1, 0.15) is 25.7 Å². The average molecular weight is 148 g/mol. The highest BCUT2D eigenvalue weighted by Gasteiger charge is 2.59. The minimum absolute atomic E-state index is 0.386. The van der Waals surface area contributed by atoms with E-state index in [2.05, 4.69) is 12.2 Å². The van der Waals surface area contributed by atoms with E-state index in [1.807, 2.05) is 0 Å². The Morgan fingerprint density at radius 3 is 3.09 bits per heavy atom. The van der Waals surface area contributed by atoms with E-state index in [9.17, 15) is 4.79 Å². The van der Waals surface area contributed by atoms with Crippen molar-refractivity contribution in [1.82, 2.24) is 0 Å². The van der Waals surface area contributed by atoms with Crippen molar-refractivity contribution < 1.29 is 4.79 Å². The Bertz CT molecular complexity index is 254. The summed E-state index contributed by atoms with van der Waals surface area (Å²) in [7, 11) is 0. The molecule has 0 aromatic rings. The molecular weight excluding hydrogens is 136 g/mol. The van der Waals surface area contributed by atoms with Crippen LogP contribution >= 0.6 is 0 Å². The van der Waals surface area contributed by atoms with Crippen LogP contribution in [0, 0.1) is 17.3 Å². The average Bonchev–Trinajstić information content (AvgIpc) is 2.36. The molecule has 3 rings (SSSR count). The molecule has 0 amide bonds. The second-order valence-corrected chi connectivity index (χ2v) is 4.21. The van der Waals surface area contributed by atoms with Gasteiger partial charge in [0.1, 0.15) is 5.78 Å². The van der Waals surface area contributed by atoms with Gasteiger partial charge < -0.3 is 0 Å². The summed E-state index contributed by atoms with van der Waals surface area (Å²) in [5.41, 5.74) is 0.386. The number of carbonyl (C=O) groups excluding carboxylic acids is 1. The zero-order valence-corrected chi connectivity index (χ0v) is 6.55. The van der Waals surface area contributed by atoms with E-state index < -0.39 is 0 Å². The summed E-state index contributed by atoms with van der Waals surface area (Å²) in [6.45, 7) is 0. The molecule has 1 nitrogen and oxygen atoms in total. The third kappa shape index (κ3) is 0.492. The van der Waals surface area contributed by atoms with Gasteiger partial charge >= 0.3 is 0 Å². The molecule has 0 bridgehead atoms. The monoisotopic (exact) mass is 148 g/mol.